The van der Waals surface area contributed by atoms with Gasteiger partial charge in [-0.3, -0.25) is 4.79 Å². The van der Waals surface area contributed by atoms with E-state index in [-0.39, 0.29) is 11.2 Å². The van der Waals surface area contributed by atoms with Gasteiger partial charge >= 0.3 is 5.97 Å². The number of esters is 1. The number of hydrogen-bond acceptors (Lipinski definition) is 6. The van der Waals surface area contributed by atoms with Gasteiger partial charge in [0.1, 0.15) is 22.9 Å². The van der Waals surface area contributed by atoms with Gasteiger partial charge in [0.25, 0.3) is 0 Å². The summed E-state index contributed by atoms with van der Waals surface area (Å²) >= 11 is 0. The summed E-state index contributed by atoms with van der Waals surface area (Å²) < 4.78 is 21.7. The number of rotatable bonds is 6. The lowest BCUT2D eigenvalue weighted by atomic mass is 10.0. The van der Waals surface area contributed by atoms with Crippen molar-refractivity contribution in [1.29, 1.82) is 0 Å². The van der Waals surface area contributed by atoms with Crippen LogP contribution >= 0.6 is 0 Å². The topological polar surface area (TPSA) is 78.9 Å². The molecule has 0 atom stereocenters. The fraction of sp³-hybridized carbons (Fsp3) is 0.333. The molecule has 0 aliphatic rings. The van der Waals surface area contributed by atoms with Crippen LogP contribution in [0.25, 0.3) is 22.1 Å². The fourth-order valence-corrected chi connectivity index (χ4v) is 2.95. The second-order valence-electron chi connectivity index (χ2n) is 6.29. The second-order valence-corrected chi connectivity index (χ2v) is 6.29. The third-order valence-electron chi connectivity index (χ3n) is 4.38. The molecule has 0 unspecified atom stereocenters. The maximum absolute atomic E-state index is 13.1. The Kier molecular flexibility index (Phi) is 5.35. The van der Waals surface area contributed by atoms with Gasteiger partial charge in [0.2, 0.25) is 11.2 Å². The van der Waals surface area contributed by atoms with Crippen LogP contribution in [0.3, 0.4) is 0 Å². The zero-order chi connectivity index (χ0) is 19.6. The lowest BCUT2D eigenvalue weighted by Crippen LogP contribution is -2.08. The first-order valence-electron chi connectivity index (χ1n) is 8.85. The van der Waals surface area contributed by atoms with Crippen LogP contribution in [0.15, 0.2) is 37.9 Å². The number of carbonyl (C=O) groups excluding carboxylic acids is 1. The van der Waals surface area contributed by atoms with E-state index in [4.69, 9.17) is 13.6 Å². The Morgan fingerprint density at radius 3 is 2.59 bits per heavy atom. The second kappa shape index (κ2) is 7.70. The Morgan fingerprint density at radius 1 is 1.11 bits per heavy atom. The van der Waals surface area contributed by atoms with Gasteiger partial charge in [-0.1, -0.05) is 13.3 Å². The highest BCUT2D eigenvalue weighted by Crippen LogP contribution is 2.30. The van der Waals surface area contributed by atoms with Crippen molar-refractivity contribution in [3.63, 3.8) is 0 Å². The van der Waals surface area contributed by atoms with Crippen LogP contribution in [0.5, 0.6) is 5.75 Å². The molecule has 0 aliphatic carbocycles. The predicted molar refractivity (Wildman–Crippen MR) is 101 cm³/mol. The molecule has 0 saturated heterocycles. The van der Waals surface area contributed by atoms with Crippen molar-refractivity contribution in [3.8, 4) is 16.9 Å². The third-order valence-corrected chi connectivity index (χ3v) is 4.38. The summed E-state index contributed by atoms with van der Waals surface area (Å²) in [4.78, 5) is 24.8. The minimum atomic E-state index is -0.596. The van der Waals surface area contributed by atoms with E-state index < -0.39 is 5.97 Å². The van der Waals surface area contributed by atoms with Gasteiger partial charge in [0.05, 0.1) is 24.7 Å². The van der Waals surface area contributed by atoms with Crippen LogP contribution in [0.1, 0.15) is 41.8 Å². The summed E-state index contributed by atoms with van der Waals surface area (Å²) in [5, 5.41) is 0.443. The molecule has 0 fully saturated rings. The van der Waals surface area contributed by atoms with E-state index >= 15 is 0 Å². The predicted octanol–water partition coefficient (Wildman–Crippen LogP) is 4.64. The van der Waals surface area contributed by atoms with E-state index in [0.717, 1.165) is 12.8 Å². The van der Waals surface area contributed by atoms with E-state index in [0.29, 0.717) is 46.0 Å². The zero-order valence-corrected chi connectivity index (χ0v) is 15.9. The number of benzene rings is 1. The van der Waals surface area contributed by atoms with Gasteiger partial charge in [0, 0.05) is 11.6 Å². The first-order chi connectivity index (χ1) is 13.0. The van der Waals surface area contributed by atoms with E-state index in [9.17, 15) is 9.59 Å². The molecule has 6 nitrogen and oxygen atoms in total. The molecule has 3 rings (SSSR count). The van der Waals surface area contributed by atoms with Crippen molar-refractivity contribution in [2.75, 3.05) is 13.7 Å². The summed E-state index contributed by atoms with van der Waals surface area (Å²) in [5.74, 6) is 1.01. The molecular weight excluding hydrogens is 348 g/mol. The van der Waals surface area contributed by atoms with Crippen LogP contribution in [-0.4, -0.2) is 19.7 Å². The molecule has 0 saturated carbocycles. The molecule has 0 amide bonds. The number of ether oxygens (including phenoxy) is 2. The Bertz CT molecular complexity index is 1040. The van der Waals surface area contributed by atoms with Crippen molar-refractivity contribution < 1.29 is 23.1 Å². The quantitative estimate of drug-likeness (QED) is 0.465. The molecule has 6 heteroatoms. The highest BCUT2D eigenvalue weighted by atomic mass is 16.5. The average molecular weight is 370 g/mol. The van der Waals surface area contributed by atoms with Gasteiger partial charge in [-0.25, -0.2) is 4.79 Å². The first-order valence-corrected chi connectivity index (χ1v) is 8.85. The van der Waals surface area contributed by atoms with Crippen molar-refractivity contribution >= 4 is 16.9 Å². The van der Waals surface area contributed by atoms with Crippen molar-refractivity contribution in [2.24, 2.45) is 0 Å². The summed E-state index contributed by atoms with van der Waals surface area (Å²) in [6.45, 7) is 6.12. The Labute approximate surface area is 156 Å². The fourth-order valence-electron chi connectivity index (χ4n) is 2.95. The van der Waals surface area contributed by atoms with Crippen LogP contribution in [0.2, 0.25) is 0 Å². The molecule has 2 aromatic heterocycles. The van der Waals surface area contributed by atoms with E-state index in [1.54, 1.807) is 32.0 Å². The van der Waals surface area contributed by atoms with Gasteiger partial charge in [-0.2, -0.15) is 0 Å². The number of fused-ring (bicyclic) bond motifs is 1. The van der Waals surface area contributed by atoms with Gasteiger partial charge in [0.15, 0.2) is 0 Å². The summed E-state index contributed by atoms with van der Waals surface area (Å²) in [5.41, 5.74) is 1.17. The monoisotopic (exact) mass is 370 g/mol. The Hall–Kier alpha value is -3.02. The molecule has 0 aliphatic heterocycles. The molecular formula is C21H22O6. The van der Waals surface area contributed by atoms with E-state index in [2.05, 4.69) is 11.7 Å². The van der Waals surface area contributed by atoms with Gasteiger partial charge in [-0.05, 0) is 38.5 Å². The molecule has 0 N–H and O–H groups in total. The SMILES string of the molecule is CCCCOc1ccc2c(=O)c(-c3cc(C(=O)OC)oc3C)c(C)oc2c1. The number of methoxy groups -OCH3 is 1. The number of carbonyl (C=O) groups is 1. The highest BCUT2D eigenvalue weighted by molar-refractivity contribution is 5.90. The maximum Gasteiger partial charge on any atom is 0.373 e. The van der Waals surface area contributed by atoms with Crippen LogP contribution in [0, 0.1) is 13.8 Å². The summed E-state index contributed by atoms with van der Waals surface area (Å²) in [6.07, 6.45) is 2.00. The molecule has 0 radical (unpaired) electrons. The minimum Gasteiger partial charge on any atom is -0.493 e. The lowest BCUT2D eigenvalue weighted by Gasteiger charge is -2.09. The van der Waals surface area contributed by atoms with Crippen LogP contribution in [-0.2, 0) is 4.74 Å². The zero-order valence-electron chi connectivity index (χ0n) is 15.9. The normalized spacial score (nSPS) is 11.0. The molecule has 142 valence electrons. The molecule has 27 heavy (non-hydrogen) atoms. The van der Waals surface area contributed by atoms with Crippen molar-refractivity contribution in [2.45, 2.75) is 33.6 Å². The van der Waals surface area contributed by atoms with Crippen LogP contribution < -0.4 is 10.2 Å². The smallest absolute Gasteiger partial charge is 0.373 e. The molecule has 0 bridgehead atoms. The highest BCUT2D eigenvalue weighted by Gasteiger charge is 2.21. The molecule has 3 aromatic rings. The summed E-state index contributed by atoms with van der Waals surface area (Å²) in [6, 6.07) is 6.69. The van der Waals surface area contributed by atoms with E-state index in [1.807, 2.05) is 0 Å². The summed E-state index contributed by atoms with van der Waals surface area (Å²) in [7, 11) is 1.27. The van der Waals surface area contributed by atoms with Crippen LogP contribution in [0.4, 0.5) is 0 Å². The largest absolute Gasteiger partial charge is 0.493 e. The lowest BCUT2D eigenvalue weighted by molar-refractivity contribution is 0.0563. The Balaban J connectivity index is 2.08. The maximum atomic E-state index is 13.1. The first kappa shape index (κ1) is 18.8. The minimum absolute atomic E-state index is 0.0450. The van der Waals surface area contributed by atoms with Gasteiger partial charge < -0.3 is 18.3 Å². The standard InChI is InChI=1S/C21H22O6/c1-5-6-9-25-14-7-8-15-17(10-14)27-13(3)19(20(15)22)16-11-18(21(23)24-4)26-12(16)2/h7-8,10-11H,5-6,9H2,1-4H3. The third kappa shape index (κ3) is 3.60. The number of hydrogen-bond donors (Lipinski definition) is 0. The van der Waals surface area contributed by atoms with E-state index in [1.165, 1.54) is 13.2 Å². The van der Waals surface area contributed by atoms with Crippen molar-refractivity contribution in [3.05, 3.63) is 51.8 Å². The number of aryl methyl sites for hydroxylation is 2. The molecule has 0 spiro atoms. The molecule has 2 heterocycles. The molecule has 1 aromatic carbocycles. The van der Waals surface area contributed by atoms with Crippen molar-refractivity contribution in [1.82, 2.24) is 0 Å². The average Bonchev–Trinajstić information content (AvgIpc) is 3.02. The Morgan fingerprint density at radius 2 is 1.89 bits per heavy atom. The number of unbranched alkanes of at least 4 members (excludes halogenated alkanes) is 1. The number of furan rings is 1. The van der Waals surface area contributed by atoms with Gasteiger partial charge in [-0.15, -0.1) is 0 Å².